The number of urea groups is 1. The van der Waals surface area contributed by atoms with Crippen molar-refractivity contribution in [1.82, 2.24) is 4.90 Å². The van der Waals surface area contributed by atoms with Gasteiger partial charge in [0.25, 0.3) is 0 Å². The van der Waals surface area contributed by atoms with E-state index in [0.29, 0.717) is 24.5 Å². The van der Waals surface area contributed by atoms with Crippen molar-refractivity contribution in [2.45, 2.75) is 18.9 Å². The van der Waals surface area contributed by atoms with E-state index in [4.69, 9.17) is 10.3 Å². The number of amides is 2. The van der Waals surface area contributed by atoms with Crippen LogP contribution >= 0.6 is 0 Å². The minimum Gasteiger partial charge on any atom is -0.495 e. The summed E-state index contributed by atoms with van der Waals surface area (Å²) in [5.74, 6) is 0.617. The predicted octanol–water partition coefficient (Wildman–Crippen LogP) is 3.00. The number of ether oxygens (including phenoxy) is 1. The van der Waals surface area contributed by atoms with Gasteiger partial charge in [-0.3, -0.25) is 0 Å². The third-order valence-corrected chi connectivity index (χ3v) is 3.34. The molecule has 1 aromatic carbocycles. The second-order valence-electron chi connectivity index (χ2n) is 4.53. The average molecular weight is 275 g/mol. The molecule has 0 aliphatic carbocycles. The highest BCUT2D eigenvalue weighted by Crippen LogP contribution is 2.25. The Morgan fingerprint density at radius 1 is 1.60 bits per heavy atom. The van der Waals surface area contributed by atoms with Crippen LogP contribution in [0.3, 0.4) is 0 Å². The molecule has 0 radical (unpaired) electrons. The number of likely N-dealkylation sites (tertiary alicyclic amines) is 1. The number of para-hydroxylation sites is 2. The summed E-state index contributed by atoms with van der Waals surface area (Å²) in [5, 5.41) is 6.40. The minimum absolute atomic E-state index is 0.0272. The van der Waals surface area contributed by atoms with E-state index in [9.17, 15) is 4.79 Å². The maximum absolute atomic E-state index is 12.3. The van der Waals surface area contributed by atoms with Gasteiger partial charge in [-0.05, 0) is 30.5 Å². The maximum atomic E-state index is 12.3. The summed E-state index contributed by atoms with van der Waals surface area (Å²) in [6.07, 6.45) is 1.78. The molecule has 1 saturated heterocycles. The standard InChI is InChI=1S/C13H17N5O2/c1-20-12-7-3-2-6-11(12)16-13(19)18-8-4-5-10(18)9-15-17-14/h2-3,6-7,10H,4-5,8-9H2,1H3,(H,16,19). The molecule has 1 aliphatic rings. The number of rotatable bonds is 4. The fourth-order valence-electron chi connectivity index (χ4n) is 2.36. The van der Waals surface area contributed by atoms with Crippen molar-refractivity contribution in [3.05, 3.63) is 34.7 Å². The van der Waals surface area contributed by atoms with Gasteiger partial charge in [0.2, 0.25) is 0 Å². The molecule has 1 aliphatic heterocycles. The number of nitrogens with one attached hydrogen (secondary N) is 1. The first-order valence-electron chi connectivity index (χ1n) is 6.47. The molecule has 0 saturated carbocycles. The SMILES string of the molecule is COc1ccccc1NC(=O)N1CCCC1CN=[N+]=[N-]. The van der Waals surface area contributed by atoms with Crippen molar-refractivity contribution < 1.29 is 9.53 Å². The molecular formula is C13H17N5O2. The van der Waals surface area contributed by atoms with E-state index >= 15 is 0 Å². The molecule has 0 aromatic heterocycles. The molecule has 1 atom stereocenters. The highest BCUT2D eigenvalue weighted by atomic mass is 16.5. The molecule has 7 heteroatoms. The van der Waals surface area contributed by atoms with Gasteiger partial charge in [0.15, 0.2) is 0 Å². The normalized spacial score (nSPS) is 17.4. The van der Waals surface area contributed by atoms with Crippen LogP contribution in [0, 0.1) is 0 Å². The van der Waals surface area contributed by atoms with Gasteiger partial charge in [-0.15, -0.1) is 0 Å². The van der Waals surface area contributed by atoms with E-state index in [-0.39, 0.29) is 12.1 Å². The molecule has 1 fully saturated rings. The smallest absolute Gasteiger partial charge is 0.322 e. The second kappa shape index (κ2) is 6.68. The largest absolute Gasteiger partial charge is 0.495 e. The van der Waals surface area contributed by atoms with E-state index in [2.05, 4.69) is 15.3 Å². The van der Waals surface area contributed by atoms with E-state index in [1.165, 1.54) is 0 Å². The van der Waals surface area contributed by atoms with Crippen LogP contribution in [0.2, 0.25) is 0 Å². The van der Waals surface area contributed by atoms with E-state index in [1.54, 1.807) is 24.1 Å². The van der Waals surface area contributed by atoms with Crippen molar-refractivity contribution in [3.63, 3.8) is 0 Å². The first-order chi connectivity index (χ1) is 9.76. The number of anilines is 1. The number of benzene rings is 1. The lowest BCUT2D eigenvalue weighted by molar-refractivity contribution is 0.207. The van der Waals surface area contributed by atoms with Crippen LogP contribution in [0.5, 0.6) is 5.75 Å². The molecule has 0 bridgehead atoms. The molecular weight excluding hydrogens is 258 g/mol. The van der Waals surface area contributed by atoms with Gasteiger partial charge >= 0.3 is 6.03 Å². The lowest BCUT2D eigenvalue weighted by Crippen LogP contribution is -2.40. The molecule has 1 heterocycles. The zero-order chi connectivity index (χ0) is 14.4. The van der Waals surface area contributed by atoms with Crippen LogP contribution in [-0.2, 0) is 0 Å². The molecule has 7 nitrogen and oxygen atoms in total. The van der Waals surface area contributed by atoms with Gasteiger partial charge in [-0.1, -0.05) is 17.2 Å². The first kappa shape index (κ1) is 14.0. The van der Waals surface area contributed by atoms with Crippen molar-refractivity contribution in [2.24, 2.45) is 5.11 Å². The number of carbonyl (C=O) groups is 1. The first-order valence-corrected chi connectivity index (χ1v) is 6.47. The Kier molecular flexibility index (Phi) is 4.68. The van der Waals surface area contributed by atoms with Crippen LogP contribution in [-0.4, -0.2) is 37.2 Å². The molecule has 2 rings (SSSR count). The highest BCUT2D eigenvalue weighted by Gasteiger charge is 2.28. The summed E-state index contributed by atoms with van der Waals surface area (Å²) in [6.45, 7) is 0.989. The van der Waals surface area contributed by atoms with Crippen LogP contribution in [0.25, 0.3) is 10.4 Å². The van der Waals surface area contributed by atoms with Gasteiger partial charge < -0.3 is 15.0 Å². The van der Waals surface area contributed by atoms with Crippen molar-refractivity contribution in [2.75, 3.05) is 25.5 Å². The lowest BCUT2D eigenvalue weighted by Gasteiger charge is -2.24. The van der Waals surface area contributed by atoms with E-state index in [0.717, 1.165) is 12.8 Å². The number of nitrogens with zero attached hydrogens (tertiary/aromatic N) is 4. The summed E-state index contributed by atoms with van der Waals surface area (Å²) in [4.78, 5) is 16.7. The van der Waals surface area contributed by atoms with Gasteiger partial charge in [-0.25, -0.2) is 4.79 Å². The molecule has 0 spiro atoms. The number of hydrogen-bond donors (Lipinski definition) is 1. The minimum atomic E-state index is -0.190. The van der Waals surface area contributed by atoms with Crippen LogP contribution in [0.1, 0.15) is 12.8 Å². The lowest BCUT2D eigenvalue weighted by atomic mass is 10.2. The molecule has 20 heavy (non-hydrogen) atoms. The highest BCUT2D eigenvalue weighted by molar-refractivity contribution is 5.91. The number of carbonyl (C=O) groups excluding carboxylic acids is 1. The average Bonchev–Trinajstić information content (AvgIpc) is 2.94. The summed E-state index contributed by atoms with van der Waals surface area (Å²) in [6, 6.07) is 7.03. The second-order valence-corrected chi connectivity index (χ2v) is 4.53. The van der Waals surface area contributed by atoms with E-state index < -0.39 is 0 Å². The Labute approximate surface area is 117 Å². The summed E-state index contributed by atoms with van der Waals surface area (Å²) >= 11 is 0. The Bertz CT molecular complexity index is 527. The number of methoxy groups -OCH3 is 1. The Hall–Kier alpha value is -2.40. The fourth-order valence-corrected chi connectivity index (χ4v) is 2.36. The van der Waals surface area contributed by atoms with Crippen LogP contribution in [0.4, 0.5) is 10.5 Å². The Morgan fingerprint density at radius 3 is 3.15 bits per heavy atom. The Morgan fingerprint density at radius 2 is 2.40 bits per heavy atom. The fraction of sp³-hybridized carbons (Fsp3) is 0.462. The summed E-state index contributed by atoms with van der Waals surface area (Å²) < 4.78 is 5.20. The van der Waals surface area contributed by atoms with Crippen molar-refractivity contribution in [3.8, 4) is 5.75 Å². The van der Waals surface area contributed by atoms with Crippen molar-refractivity contribution >= 4 is 11.7 Å². The Balaban J connectivity index is 2.05. The quantitative estimate of drug-likeness (QED) is 0.520. The summed E-state index contributed by atoms with van der Waals surface area (Å²) in [7, 11) is 1.56. The molecule has 2 amide bonds. The van der Waals surface area contributed by atoms with Gasteiger partial charge in [-0.2, -0.15) is 0 Å². The summed E-state index contributed by atoms with van der Waals surface area (Å²) in [5.41, 5.74) is 9.01. The zero-order valence-electron chi connectivity index (χ0n) is 11.3. The monoisotopic (exact) mass is 275 g/mol. The predicted molar refractivity (Wildman–Crippen MR) is 75.8 cm³/mol. The van der Waals surface area contributed by atoms with Crippen LogP contribution in [0.15, 0.2) is 29.4 Å². The molecule has 1 N–H and O–H groups in total. The van der Waals surface area contributed by atoms with Gasteiger partial charge in [0, 0.05) is 24.0 Å². The third kappa shape index (κ3) is 3.13. The number of hydrogen-bond acceptors (Lipinski definition) is 3. The molecule has 1 aromatic rings. The topological polar surface area (TPSA) is 90.3 Å². The number of azide groups is 1. The third-order valence-electron chi connectivity index (χ3n) is 3.34. The van der Waals surface area contributed by atoms with Gasteiger partial charge in [0.1, 0.15) is 5.75 Å². The molecule has 1 unspecified atom stereocenters. The van der Waals surface area contributed by atoms with Crippen LogP contribution < -0.4 is 10.1 Å². The van der Waals surface area contributed by atoms with E-state index in [1.807, 2.05) is 12.1 Å². The molecule has 106 valence electrons. The van der Waals surface area contributed by atoms with Crippen molar-refractivity contribution in [1.29, 1.82) is 0 Å². The van der Waals surface area contributed by atoms with Gasteiger partial charge in [0.05, 0.1) is 12.8 Å². The zero-order valence-corrected chi connectivity index (χ0v) is 11.3. The maximum Gasteiger partial charge on any atom is 0.322 e.